The van der Waals surface area contributed by atoms with Crippen molar-refractivity contribution < 1.29 is 33.0 Å². The molecule has 2 aromatic carbocycles. The van der Waals surface area contributed by atoms with Gasteiger partial charge in [0.05, 0.1) is 7.11 Å². The van der Waals surface area contributed by atoms with E-state index < -0.39 is 30.9 Å². The molecule has 0 fully saturated rings. The van der Waals surface area contributed by atoms with Crippen LogP contribution >= 0.6 is 0 Å². The third-order valence-electron chi connectivity index (χ3n) is 4.03. The highest BCUT2D eigenvalue weighted by Crippen LogP contribution is 2.28. The number of ketones is 1. The van der Waals surface area contributed by atoms with E-state index in [0.29, 0.717) is 23.5 Å². The molecule has 0 unspecified atom stereocenters. The molecule has 2 rings (SSSR count). The molecule has 0 saturated heterocycles. The van der Waals surface area contributed by atoms with Crippen LogP contribution in [0.2, 0.25) is 0 Å². The number of carbonyl (C=O) groups is 3. The molecule has 0 heterocycles. The van der Waals surface area contributed by atoms with Crippen LogP contribution in [0.15, 0.2) is 42.5 Å². The summed E-state index contributed by atoms with van der Waals surface area (Å²) in [5.41, 5.74) is 0.948. The normalized spacial score (nSPS) is 10.2. The second-order valence-electron chi connectivity index (χ2n) is 5.99. The maximum Gasteiger partial charge on any atom is 0.344 e. The van der Waals surface area contributed by atoms with Gasteiger partial charge in [-0.15, -0.1) is 0 Å². The number of nitrogens with zero attached hydrogens (tertiary/aromatic N) is 1. The van der Waals surface area contributed by atoms with Crippen LogP contribution in [0.4, 0.5) is 10.1 Å². The molecule has 2 aromatic rings. The van der Waals surface area contributed by atoms with Gasteiger partial charge >= 0.3 is 5.97 Å². The van der Waals surface area contributed by atoms with E-state index in [2.05, 4.69) is 0 Å². The van der Waals surface area contributed by atoms with E-state index in [1.54, 1.807) is 13.0 Å². The quantitative estimate of drug-likeness (QED) is 0.473. The number of carbonyl (C=O) groups excluding carboxylic acids is 3. The summed E-state index contributed by atoms with van der Waals surface area (Å²) in [5.74, 6) is -1.17. The molecule has 0 spiro atoms. The summed E-state index contributed by atoms with van der Waals surface area (Å²) in [5, 5.41) is 0. The Hall–Kier alpha value is -3.42. The van der Waals surface area contributed by atoms with Crippen LogP contribution in [0, 0.1) is 5.82 Å². The molecule has 0 aromatic heterocycles. The summed E-state index contributed by atoms with van der Waals surface area (Å²) >= 11 is 0. The number of likely N-dealkylation sites (N-methyl/N-ethyl adjacent to an activating group) is 1. The Labute approximate surface area is 168 Å². The molecular weight excluding hydrogens is 381 g/mol. The molecule has 0 saturated carbocycles. The van der Waals surface area contributed by atoms with Gasteiger partial charge in [0.25, 0.3) is 5.91 Å². The Bertz CT molecular complexity index is 881. The zero-order valence-corrected chi connectivity index (χ0v) is 16.4. The molecule has 29 heavy (non-hydrogen) atoms. The number of hydrogen-bond donors (Lipinski definition) is 0. The number of halogens is 1. The Morgan fingerprint density at radius 2 is 1.69 bits per heavy atom. The standard InChI is InChI=1S/C21H22FNO6/c1-4-23(17-8-6-16(22)7-9-17)20(25)12-29-21(26)13-28-18-10-5-15(14(2)24)11-19(18)27-3/h5-11H,4,12-13H2,1-3H3. The van der Waals surface area contributed by atoms with Gasteiger partial charge in [0.2, 0.25) is 0 Å². The summed E-state index contributed by atoms with van der Waals surface area (Å²) in [7, 11) is 1.41. The van der Waals surface area contributed by atoms with E-state index in [1.165, 1.54) is 55.3 Å². The van der Waals surface area contributed by atoms with E-state index in [-0.39, 0.29) is 11.5 Å². The van der Waals surface area contributed by atoms with Crippen LogP contribution in [0.3, 0.4) is 0 Å². The number of rotatable bonds is 9. The van der Waals surface area contributed by atoms with Crippen molar-refractivity contribution >= 4 is 23.3 Å². The predicted molar refractivity (Wildman–Crippen MR) is 104 cm³/mol. The third-order valence-corrected chi connectivity index (χ3v) is 4.03. The van der Waals surface area contributed by atoms with E-state index in [9.17, 15) is 18.8 Å². The lowest BCUT2D eigenvalue weighted by molar-refractivity contribution is -0.149. The molecule has 0 radical (unpaired) electrons. The van der Waals surface area contributed by atoms with Crippen molar-refractivity contribution in [2.24, 2.45) is 0 Å². The number of hydrogen-bond acceptors (Lipinski definition) is 6. The first-order valence-electron chi connectivity index (χ1n) is 8.89. The zero-order chi connectivity index (χ0) is 21.4. The lowest BCUT2D eigenvalue weighted by Crippen LogP contribution is -2.35. The molecule has 8 heteroatoms. The van der Waals surface area contributed by atoms with Crippen molar-refractivity contribution in [2.45, 2.75) is 13.8 Å². The van der Waals surface area contributed by atoms with Crippen molar-refractivity contribution in [3.63, 3.8) is 0 Å². The average Bonchev–Trinajstić information content (AvgIpc) is 2.72. The fourth-order valence-electron chi connectivity index (χ4n) is 2.53. The summed E-state index contributed by atoms with van der Waals surface area (Å²) in [6, 6.07) is 10.0. The molecular formula is C21H22FNO6. The summed E-state index contributed by atoms with van der Waals surface area (Å²) in [6.45, 7) is 2.59. The lowest BCUT2D eigenvalue weighted by Gasteiger charge is -2.20. The minimum Gasteiger partial charge on any atom is -0.493 e. The molecule has 0 aliphatic carbocycles. The topological polar surface area (TPSA) is 82.1 Å². The minimum absolute atomic E-state index is 0.130. The van der Waals surface area contributed by atoms with Crippen molar-refractivity contribution in [3.8, 4) is 11.5 Å². The zero-order valence-electron chi connectivity index (χ0n) is 16.4. The number of amides is 1. The van der Waals surface area contributed by atoms with Crippen LogP contribution in [0.1, 0.15) is 24.2 Å². The molecule has 1 amide bonds. The second kappa shape index (κ2) is 10.2. The van der Waals surface area contributed by atoms with Crippen molar-refractivity contribution in [3.05, 3.63) is 53.8 Å². The number of anilines is 1. The molecule has 0 aliphatic heterocycles. The molecule has 7 nitrogen and oxygen atoms in total. The number of Topliss-reactive ketones (excluding diaryl/α,β-unsaturated/α-hetero) is 1. The van der Waals surface area contributed by atoms with Crippen LogP contribution in [0.5, 0.6) is 11.5 Å². The molecule has 154 valence electrons. The second-order valence-corrected chi connectivity index (χ2v) is 5.99. The first-order valence-corrected chi connectivity index (χ1v) is 8.89. The number of esters is 1. The van der Waals surface area contributed by atoms with Crippen molar-refractivity contribution in [2.75, 3.05) is 31.8 Å². The summed E-state index contributed by atoms with van der Waals surface area (Å²) < 4.78 is 28.5. The van der Waals surface area contributed by atoms with E-state index in [4.69, 9.17) is 14.2 Å². The maximum atomic E-state index is 13.0. The van der Waals surface area contributed by atoms with Gasteiger partial charge in [-0.05, 0) is 56.3 Å². The lowest BCUT2D eigenvalue weighted by atomic mass is 10.1. The Kier molecular flexibility index (Phi) is 7.70. The largest absolute Gasteiger partial charge is 0.493 e. The monoisotopic (exact) mass is 403 g/mol. The molecule has 0 bridgehead atoms. The third kappa shape index (κ3) is 6.03. The predicted octanol–water partition coefficient (Wildman–Crippen LogP) is 3.01. The number of methoxy groups -OCH3 is 1. The Balaban J connectivity index is 1.90. The molecule has 0 N–H and O–H groups in total. The highest BCUT2D eigenvalue weighted by Gasteiger charge is 2.17. The van der Waals surface area contributed by atoms with Gasteiger partial charge in [-0.3, -0.25) is 9.59 Å². The minimum atomic E-state index is -0.744. The summed E-state index contributed by atoms with van der Waals surface area (Å²) in [4.78, 5) is 37.0. The van der Waals surface area contributed by atoms with Crippen LogP contribution < -0.4 is 14.4 Å². The molecule has 0 aliphatic rings. The van der Waals surface area contributed by atoms with Crippen LogP contribution in [-0.2, 0) is 14.3 Å². The first-order chi connectivity index (χ1) is 13.8. The van der Waals surface area contributed by atoms with Gasteiger partial charge in [-0.2, -0.15) is 0 Å². The average molecular weight is 403 g/mol. The van der Waals surface area contributed by atoms with E-state index in [0.717, 1.165) is 0 Å². The fourth-order valence-corrected chi connectivity index (χ4v) is 2.53. The highest BCUT2D eigenvalue weighted by molar-refractivity contribution is 5.95. The van der Waals surface area contributed by atoms with Crippen LogP contribution in [-0.4, -0.2) is 44.5 Å². The van der Waals surface area contributed by atoms with Crippen molar-refractivity contribution in [1.29, 1.82) is 0 Å². The smallest absolute Gasteiger partial charge is 0.344 e. The Morgan fingerprint density at radius 1 is 1.00 bits per heavy atom. The van der Waals surface area contributed by atoms with Crippen LogP contribution in [0.25, 0.3) is 0 Å². The van der Waals surface area contributed by atoms with Crippen molar-refractivity contribution in [1.82, 2.24) is 0 Å². The van der Waals surface area contributed by atoms with Gasteiger partial charge in [-0.25, -0.2) is 9.18 Å². The fraction of sp³-hybridized carbons (Fsp3) is 0.286. The first kappa shape index (κ1) is 21.9. The van der Waals surface area contributed by atoms with Gasteiger partial charge in [-0.1, -0.05) is 0 Å². The van der Waals surface area contributed by atoms with Gasteiger partial charge < -0.3 is 19.1 Å². The number of benzene rings is 2. The van der Waals surface area contributed by atoms with Gasteiger partial charge in [0.1, 0.15) is 5.82 Å². The SMILES string of the molecule is CCN(C(=O)COC(=O)COc1ccc(C(C)=O)cc1OC)c1ccc(F)cc1. The summed E-state index contributed by atoms with van der Waals surface area (Å²) in [6.07, 6.45) is 0. The van der Waals surface area contributed by atoms with E-state index >= 15 is 0 Å². The maximum absolute atomic E-state index is 13.0. The highest BCUT2D eigenvalue weighted by atomic mass is 19.1. The Morgan fingerprint density at radius 3 is 2.28 bits per heavy atom. The molecule has 0 atom stereocenters. The van der Waals surface area contributed by atoms with Gasteiger partial charge in [0, 0.05) is 17.8 Å². The van der Waals surface area contributed by atoms with E-state index in [1.807, 2.05) is 0 Å². The number of ether oxygens (including phenoxy) is 3. The van der Waals surface area contributed by atoms with Gasteiger partial charge in [0.15, 0.2) is 30.5 Å².